The molecule has 0 atom stereocenters. The molecule has 0 unspecified atom stereocenters. The Labute approximate surface area is 105 Å². The van der Waals surface area contributed by atoms with E-state index in [1.54, 1.807) is 7.11 Å². The fraction of sp³-hybridized carbons (Fsp3) is 0.583. The lowest BCUT2D eigenvalue weighted by atomic mass is 10.2. The Balaban J connectivity index is 1.87. The second-order valence-electron chi connectivity index (χ2n) is 4.76. The van der Waals surface area contributed by atoms with Gasteiger partial charge in [0.15, 0.2) is 11.2 Å². The van der Waals surface area contributed by atoms with E-state index in [4.69, 9.17) is 10.5 Å². The van der Waals surface area contributed by atoms with E-state index in [2.05, 4.69) is 15.0 Å². The topological polar surface area (TPSA) is 78.8 Å². The number of nitrogens with zero attached hydrogens (tertiary/aromatic N) is 4. The van der Waals surface area contributed by atoms with Gasteiger partial charge in [-0.25, -0.2) is 9.97 Å². The van der Waals surface area contributed by atoms with Gasteiger partial charge in [-0.2, -0.15) is 4.98 Å². The molecule has 0 spiro atoms. The maximum atomic E-state index is 5.94. The predicted molar refractivity (Wildman–Crippen MR) is 68.2 cm³/mol. The van der Waals surface area contributed by atoms with E-state index >= 15 is 0 Å². The summed E-state index contributed by atoms with van der Waals surface area (Å²) < 4.78 is 7.11. The summed E-state index contributed by atoms with van der Waals surface area (Å²) in [4.78, 5) is 12.6. The first-order chi connectivity index (χ1) is 8.79. The van der Waals surface area contributed by atoms with Crippen molar-refractivity contribution in [2.75, 3.05) is 12.8 Å². The van der Waals surface area contributed by atoms with Gasteiger partial charge in [0.05, 0.1) is 7.11 Å². The van der Waals surface area contributed by atoms with Crippen LogP contribution in [0.3, 0.4) is 0 Å². The highest BCUT2D eigenvalue weighted by atomic mass is 16.5. The SMILES string of the molecule is COc1ncnc2c1nc(N)n2CCCC1CC1. The standard InChI is InChI=1S/C12H17N5O/c1-18-11-9-10(14-7-15-11)17(12(13)16-9)6-2-3-8-4-5-8/h7-8H,2-6H2,1H3,(H2,13,16). The van der Waals surface area contributed by atoms with Crippen LogP contribution in [0.1, 0.15) is 25.7 Å². The molecule has 0 saturated heterocycles. The second kappa shape index (κ2) is 4.44. The monoisotopic (exact) mass is 247 g/mol. The van der Waals surface area contributed by atoms with Crippen molar-refractivity contribution in [1.82, 2.24) is 19.5 Å². The first kappa shape index (κ1) is 11.3. The Bertz CT molecular complexity index is 561. The zero-order chi connectivity index (χ0) is 12.5. The molecular formula is C12H17N5O. The van der Waals surface area contributed by atoms with Gasteiger partial charge in [0.25, 0.3) is 0 Å². The molecule has 6 heteroatoms. The molecule has 2 N–H and O–H groups in total. The Morgan fingerprint density at radius 1 is 1.44 bits per heavy atom. The number of aromatic nitrogens is 4. The Hall–Kier alpha value is -1.85. The van der Waals surface area contributed by atoms with Crippen LogP contribution in [0.2, 0.25) is 0 Å². The minimum Gasteiger partial charge on any atom is -0.479 e. The summed E-state index contributed by atoms with van der Waals surface area (Å²) in [5, 5.41) is 0. The molecule has 1 aliphatic rings. The number of rotatable bonds is 5. The average Bonchev–Trinajstić information content (AvgIpc) is 3.14. The van der Waals surface area contributed by atoms with Crippen molar-refractivity contribution in [3.8, 4) is 5.88 Å². The number of hydrogen-bond donors (Lipinski definition) is 1. The molecule has 0 aromatic carbocycles. The zero-order valence-electron chi connectivity index (χ0n) is 10.5. The summed E-state index contributed by atoms with van der Waals surface area (Å²) >= 11 is 0. The van der Waals surface area contributed by atoms with Crippen molar-refractivity contribution >= 4 is 17.1 Å². The van der Waals surface area contributed by atoms with Crippen molar-refractivity contribution in [3.05, 3.63) is 6.33 Å². The zero-order valence-corrected chi connectivity index (χ0v) is 10.5. The highest BCUT2D eigenvalue weighted by Crippen LogP contribution is 2.34. The molecule has 0 bridgehead atoms. The lowest BCUT2D eigenvalue weighted by Crippen LogP contribution is -2.04. The average molecular weight is 247 g/mol. The van der Waals surface area contributed by atoms with Gasteiger partial charge in [-0.1, -0.05) is 12.8 Å². The largest absolute Gasteiger partial charge is 0.479 e. The van der Waals surface area contributed by atoms with Crippen LogP contribution in [-0.4, -0.2) is 26.6 Å². The van der Waals surface area contributed by atoms with Crippen LogP contribution in [0.25, 0.3) is 11.2 Å². The molecule has 96 valence electrons. The van der Waals surface area contributed by atoms with E-state index in [-0.39, 0.29) is 0 Å². The van der Waals surface area contributed by atoms with Crippen molar-refractivity contribution in [3.63, 3.8) is 0 Å². The highest BCUT2D eigenvalue weighted by molar-refractivity contribution is 5.78. The molecule has 0 amide bonds. The Morgan fingerprint density at radius 2 is 2.28 bits per heavy atom. The number of nitrogens with two attached hydrogens (primary N) is 1. The van der Waals surface area contributed by atoms with Crippen LogP contribution < -0.4 is 10.5 Å². The number of methoxy groups -OCH3 is 1. The number of fused-ring (bicyclic) bond motifs is 1. The fourth-order valence-electron chi connectivity index (χ4n) is 2.25. The van der Waals surface area contributed by atoms with E-state index in [0.29, 0.717) is 17.3 Å². The summed E-state index contributed by atoms with van der Waals surface area (Å²) in [6.07, 6.45) is 6.64. The van der Waals surface area contributed by atoms with Crippen molar-refractivity contribution < 1.29 is 4.74 Å². The van der Waals surface area contributed by atoms with Crippen LogP contribution in [-0.2, 0) is 6.54 Å². The van der Waals surface area contributed by atoms with Crippen LogP contribution in [0.15, 0.2) is 6.33 Å². The van der Waals surface area contributed by atoms with E-state index < -0.39 is 0 Å². The van der Waals surface area contributed by atoms with Gasteiger partial charge in [-0.05, 0) is 18.8 Å². The third kappa shape index (κ3) is 1.98. The summed E-state index contributed by atoms with van der Waals surface area (Å²) in [7, 11) is 1.57. The Kier molecular flexibility index (Phi) is 2.77. The molecular weight excluding hydrogens is 230 g/mol. The summed E-state index contributed by atoms with van der Waals surface area (Å²) in [6, 6.07) is 0. The molecule has 18 heavy (non-hydrogen) atoms. The van der Waals surface area contributed by atoms with Gasteiger partial charge in [-0.3, -0.25) is 4.57 Å². The lowest BCUT2D eigenvalue weighted by molar-refractivity contribution is 0.401. The van der Waals surface area contributed by atoms with E-state index in [1.165, 1.54) is 25.6 Å². The normalized spacial score (nSPS) is 15.2. The summed E-state index contributed by atoms with van der Waals surface area (Å²) in [5.74, 6) is 1.90. The molecule has 1 fully saturated rings. The molecule has 2 heterocycles. The molecule has 0 aliphatic heterocycles. The van der Waals surface area contributed by atoms with E-state index in [0.717, 1.165) is 24.5 Å². The van der Waals surface area contributed by atoms with Gasteiger partial charge in [-0.15, -0.1) is 0 Å². The number of anilines is 1. The van der Waals surface area contributed by atoms with E-state index in [9.17, 15) is 0 Å². The van der Waals surface area contributed by atoms with E-state index in [1.807, 2.05) is 4.57 Å². The van der Waals surface area contributed by atoms with Crippen molar-refractivity contribution in [2.45, 2.75) is 32.2 Å². The summed E-state index contributed by atoms with van der Waals surface area (Å²) in [5.41, 5.74) is 7.34. The smallest absolute Gasteiger partial charge is 0.245 e. The lowest BCUT2D eigenvalue weighted by Gasteiger charge is -2.05. The van der Waals surface area contributed by atoms with Gasteiger partial charge >= 0.3 is 0 Å². The molecule has 6 nitrogen and oxygen atoms in total. The quantitative estimate of drug-likeness (QED) is 0.868. The molecule has 3 rings (SSSR count). The van der Waals surface area contributed by atoms with Crippen LogP contribution in [0.5, 0.6) is 5.88 Å². The molecule has 0 radical (unpaired) electrons. The number of ether oxygens (including phenoxy) is 1. The molecule has 1 saturated carbocycles. The molecule has 2 aromatic heterocycles. The minimum atomic E-state index is 0.479. The van der Waals surface area contributed by atoms with Gasteiger partial charge in [0.1, 0.15) is 6.33 Å². The Morgan fingerprint density at radius 3 is 3.00 bits per heavy atom. The maximum absolute atomic E-state index is 5.94. The first-order valence-electron chi connectivity index (χ1n) is 6.30. The van der Waals surface area contributed by atoms with Crippen LogP contribution >= 0.6 is 0 Å². The van der Waals surface area contributed by atoms with Crippen molar-refractivity contribution in [1.29, 1.82) is 0 Å². The maximum Gasteiger partial charge on any atom is 0.245 e. The third-order valence-electron chi connectivity index (χ3n) is 3.41. The van der Waals surface area contributed by atoms with Gasteiger partial charge < -0.3 is 10.5 Å². The minimum absolute atomic E-state index is 0.479. The van der Waals surface area contributed by atoms with Crippen molar-refractivity contribution in [2.24, 2.45) is 5.92 Å². The number of aryl methyl sites for hydroxylation is 1. The summed E-state index contributed by atoms with van der Waals surface area (Å²) in [6.45, 7) is 0.860. The third-order valence-corrected chi connectivity index (χ3v) is 3.41. The molecule has 2 aromatic rings. The number of hydrogen-bond acceptors (Lipinski definition) is 5. The number of imidazole rings is 1. The highest BCUT2D eigenvalue weighted by Gasteiger charge is 2.21. The van der Waals surface area contributed by atoms with Gasteiger partial charge in [0, 0.05) is 6.54 Å². The first-order valence-corrected chi connectivity index (χ1v) is 6.30. The number of nitrogen functional groups attached to an aromatic ring is 1. The van der Waals surface area contributed by atoms with Gasteiger partial charge in [0.2, 0.25) is 11.8 Å². The fourth-order valence-corrected chi connectivity index (χ4v) is 2.25. The van der Waals surface area contributed by atoms with Crippen LogP contribution in [0.4, 0.5) is 5.95 Å². The molecule has 1 aliphatic carbocycles. The second-order valence-corrected chi connectivity index (χ2v) is 4.76. The van der Waals surface area contributed by atoms with Crippen LogP contribution in [0, 0.1) is 5.92 Å². The predicted octanol–water partition coefficient (Wildman–Crippen LogP) is 1.61.